The molecule has 0 radical (unpaired) electrons. The number of methoxy groups -OCH3 is 1. The molecule has 17 heavy (non-hydrogen) atoms. The lowest BCUT2D eigenvalue weighted by atomic mass is 10.2. The Bertz CT molecular complexity index is 511. The van der Waals surface area contributed by atoms with Crippen molar-refractivity contribution in [2.75, 3.05) is 12.8 Å². The number of nitrogens with two attached hydrogens (primary N) is 1. The van der Waals surface area contributed by atoms with Crippen molar-refractivity contribution in [1.82, 2.24) is 4.98 Å². The predicted molar refractivity (Wildman–Crippen MR) is 73.8 cm³/mol. The van der Waals surface area contributed by atoms with Gasteiger partial charge in [-0.2, -0.15) is 0 Å². The fourth-order valence-corrected chi connectivity index (χ4v) is 3.41. The fourth-order valence-electron chi connectivity index (χ4n) is 1.45. The summed E-state index contributed by atoms with van der Waals surface area (Å²) in [6, 6.07) is 8.09. The van der Waals surface area contributed by atoms with Crippen molar-refractivity contribution in [3.05, 3.63) is 35.5 Å². The molecule has 0 saturated carbocycles. The van der Waals surface area contributed by atoms with Gasteiger partial charge in [-0.3, -0.25) is 0 Å². The number of anilines is 1. The first-order valence-corrected chi connectivity index (χ1v) is 6.98. The normalized spacial score (nSPS) is 10.5. The third-order valence-corrected chi connectivity index (χ3v) is 4.69. The van der Waals surface area contributed by atoms with Crippen LogP contribution in [0.1, 0.15) is 11.3 Å². The lowest BCUT2D eigenvalue weighted by Crippen LogP contribution is -1.85. The summed E-state index contributed by atoms with van der Waals surface area (Å²) in [4.78, 5) is 4.21. The van der Waals surface area contributed by atoms with Gasteiger partial charge in [-0.25, -0.2) is 4.98 Å². The Labute approximate surface area is 109 Å². The van der Waals surface area contributed by atoms with Crippen LogP contribution in [0.5, 0.6) is 5.75 Å². The molecule has 0 amide bonds. The molecule has 2 aromatic rings. The number of ether oxygens (including phenoxy) is 1. The Morgan fingerprint density at radius 2 is 2.29 bits per heavy atom. The second kappa shape index (κ2) is 5.42. The van der Waals surface area contributed by atoms with Gasteiger partial charge in [0.1, 0.15) is 5.75 Å². The molecule has 0 spiro atoms. The van der Waals surface area contributed by atoms with E-state index < -0.39 is 0 Å². The van der Waals surface area contributed by atoms with E-state index in [0.717, 1.165) is 17.2 Å². The minimum atomic E-state index is 0.635. The number of nitrogens with zero attached hydrogens (tertiary/aromatic N) is 1. The zero-order valence-corrected chi connectivity index (χ0v) is 11.4. The van der Waals surface area contributed by atoms with Crippen molar-refractivity contribution < 1.29 is 4.74 Å². The van der Waals surface area contributed by atoms with Gasteiger partial charge in [0.25, 0.3) is 0 Å². The number of benzene rings is 1. The van der Waals surface area contributed by atoms with E-state index in [4.69, 9.17) is 10.5 Å². The molecule has 3 nitrogen and oxygen atoms in total. The molecular weight excluding hydrogens is 252 g/mol. The number of hydrogen-bond acceptors (Lipinski definition) is 5. The summed E-state index contributed by atoms with van der Waals surface area (Å²) in [5, 5.41) is 0.635. The standard InChI is InChI=1S/C12H14N2OS2/c1-8-11(17-12(13)14-8)16-7-9-4-3-5-10(6-9)15-2/h3-6H,7H2,1-2H3,(H2,13,14). The molecule has 5 heteroatoms. The number of aryl methyl sites for hydroxylation is 1. The molecule has 0 fully saturated rings. The number of thiazole rings is 1. The van der Waals surface area contributed by atoms with Crippen LogP contribution in [-0.4, -0.2) is 12.1 Å². The van der Waals surface area contributed by atoms with Crippen molar-refractivity contribution >= 4 is 28.2 Å². The van der Waals surface area contributed by atoms with E-state index in [0.29, 0.717) is 5.13 Å². The molecule has 0 saturated heterocycles. The summed E-state index contributed by atoms with van der Waals surface area (Å²) in [5.41, 5.74) is 7.92. The van der Waals surface area contributed by atoms with Crippen LogP contribution in [0.3, 0.4) is 0 Å². The zero-order chi connectivity index (χ0) is 12.3. The van der Waals surface area contributed by atoms with E-state index >= 15 is 0 Å². The van der Waals surface area contributed by atoms with E-state index in [-0.39, 0.29) is 0 Å². The van der Waals surface area contributed by atoms with Gasteiger partial charge in [0, 0.05) is 5.75 Å². The van der Waals surface area contributed by atoms with E-state index in [9.17, 15) is 0 Å². The zero-order valence-electron chi connectivity index (χ0n) is 9.77. The Morgan fingerprint density at radius 3 is 2.94 bits per heavy atom. The topological polar surface area (TPSA) is 48.1 Å². The molecule has 0 aliphatic rings. The highest BCUT2D eigenvalue weighted by molar-refractivity contribution is 8.00. The van der Waals surface area contributed by atoms with Crippen molar-refractivity contribution in [3.8, 4) is 5.75 Å². The summed E-state index contributed by atoms with van der Waals surface area (Å²) in [6.07, 6.45) is 0. The van der Waals surface area contributed by atoms with Gasteiger partial charge in [0.15, 0.2) is 5.13 Å². The summed E-state index contributed by atoms with van der Waals surface area (Å²) in [7, 11) is 1.68. The molecule has 0 aliphatic heterocycles. The van der Waals surface area contributed by atoms with Crippen LogP contribution in [0.15, 0.2) is 28.5 Å². The van der Waals surface area contributed by atoms with Crippen LogP contribution in [0.4, 0.5) is 5.13 Å². The molecular formula is C12H14N2OS2. The van der Waals surface area contributed by atoms with Gasteiger partial charge in [-0.05, 0) is 24.6 Å². The highest BCUT2D eigenvalue weighted by atomic mass is 32.2. The first-order chi connectivity index (χ1) is 8.19. The Kier molecular flexibility index (Phi) is 3.91. The lowest BCUT2D eigenvalue weighted by Gasteiger charge is -2.03. The monoisotopic (exact) mass is 266 g/mol. The Morgan fingerprint density at radius 1 is 1.47 bits per heavy atom. The minimum Gasteiger partial charge on any atom is -0.497 e. The third kappa shape index (κ3) is 3.14. The van der Waals surface area contributed by atoms with Crippen molar-refractivity contribution in [1.29, 1.82) is 0 Å². The van der Waals surface area contributed by atoms with Crippen LogP contribution >= 0.6 is 23.1 Å². The largest absolute Gasteiger partial charge is 0.497 e. The number of hydrogen-bond donors (Lipinski definition) is 1. The molecule has 1 aromatic heterocycles. The SMILES string of the molecule is COc1cccc(CSc2sc(N)nc2C)c1. The number of thioether (sulfide) groups is 1. The molecule has 90 valence electrons. The van der Waals surface area contributed by atoms with Crippen LogP contribution in [-0.2, 0) is 5.75 Å². The smallest absolute Gasteiger partial charge is 0.181 e. The van der Waals surface area contributed by atoms with Crippen LogP contribution in [0, 0.1) is 6.92 Å². The number of aromatic nitrogens is 1. The maximum atomic E-state index is 5.67. The quantitative estimate of drug-likeness (QED) is 0.862. The van der Waals surface area contributed by atoms with Crippen LogP contribution in [0.2, 0.25) is 0 Å². The summed E-state index contributed by atoms with van der Waals surface area (Å²) in [6.45, 7) is 1.99. The van der Waals surface area contributed by atoms with Gasteiger partial charge in [0.2, 0.25) is 0 Å². The first-order valence-electron chi connectivity index (χ1n) is 5.17. The van der Waals surface area contributed by atoms with Gasteiger partial charge in [-0.15, -0.1) is 11.8 Å². The maximum Gasteiger partial charge on any atom is 0.181 e. The van der Waals surface area contributed by atoms with Gasteiger partial charge >= 0.3 is 0 Å². The predicted octanol–water partition coefficient (Wildman–Crippen LogP) is 3.33. The molecule has 0 unspecified atom stereocenters. The molecule has 2 N–H and O–H groups in total. The van der Waals surface area contributed by atoms with Gasteiger partial charge in [-0.1, -0.05) is 23.5 Å². The Hall–Kier alpha value is -1.20. The summed E-state index contributed by atoms with van der Waals surface area (Å²) >= 11 is 3.30. The summed E-state index contributed by atoms with van der Waals surface area (Å²) in [5.74, 6) is 1.79. The van der Waals surface area contributed by atoms with Crippen molar-refractivity contribution in [2.45, 2.75) is 16.9 Å². The molecule has 0 aliphatic carbocycles. The van der Waals surface area contributed by atoms with E-state index in [2.05, 4.69) is 11.1 Å². The average Bonchev–Trinajstić information content (AvgIpc) is 2.65. The highest BCUT2D eigenvalue weighted by Gasteiger charge is 2.06. The fraction of sp³-hybridized carbons (Fsp3) is 0.250. The molecule has 0 bridgehead atoms. The van der Waals surface area contributed by atoms with Gasteiger partial charge in [0.05, 0.1) is 17.0 Å². The number of rotatable bonds is 4. The average molecular weight is 266 g/mol. The van der Waals surface area contributed by atoms with E-state index in [1.54, 1.807) is 30.2 Å². The second-order valence-corrected chi connectivity index (χ2v) is 5.84. The third-order valence-electron chi connectivity index (χ3n) is 2.27. The molecule has 0 atom stereocenters. The van der Waals surface area contributed by atoms with Crippen LogP contribution < -0.4 is 10.5 Å². The van der Waals surface area contributed by atoms with E-state index in [1.165, 1.54) is 9.77 Å². The first kappa shape index (κ1) is 12.3. The van der Waals surface area contributed by atoms with Crippen LogP contribution in [0.25, 0.3) is 0 Å². The Balaban J connectivity index is 2.04. The van der Waals surface area contributed by atoms with Gasteiger partial charge < -0.3 is 10.5 Å². The van der Waals surface area contributed by atoms with Crippen molar-refractivity contribution in [3.63, 3.8) is 0 Å². The second-order valence-electron chi connectivity index (χ2n) is 3.57. The van der Waals surface area contributed by atoms with E-state index in [1.807, 2.05) is 25.1 Å². The summed E-state index contributed by atoms with van der Waals surface area (Å²) < 4.78 is 6.38. The highest BCUT2D eigenvalue weighted by Crippen LogP contribution is 2.33. The molecule has 2 rings (SSSR count). The maximum absolute atomic E-state index is 5.67. The van der Waals surface area contributed by atoms with Crippen molar-refractivity contribution in [2.24, 2.45) is 0 Å². The molecule has 1 heterocycles. The number of nitrogen functional groups attached to an aromatic ring is 1. The molecule has 1 aromatic carbocycles. The lowest BCUT2D eigenvalue weighted by molar-refractivity contribution is 0.414. The minimum absolute atomic E-state index is 0.635.